The van der Waals surface area contributed by atoms with E-state index in [9.17, 15) is 9.18 Å². The molecule has 1 heterocycles. The molecule has 0 bridgehead atoms. The summed E-state index contributed by atoms with van der Waals surface area (Å²) >= 11 is 0. The van der Waals surface area contributed by atoms with Gasteiger partial charge in [0.1, 0.15) is 18.1 Å². The predicted molar refractivity (Wildman–Crippen MR) is 88.1 cm³/mol. The summed E-state index contributed by atoms with van der Waals surface area (Å²) in [7, 11) is 1.59. The number of aromatic nitrogens is 4. The molecule has 8 heteroatoms. The molecular formula is C17H16FN5O2. The first-order valence-electron chi connectivity index (χ1n) is 7.57. The van der Waals surface area contributed by atoms with Crippen LogP contribution in [0.2, 0.25) is 0 Å². The van der Waals surface area contributed by atoms with Crippen molar-refractivity contribution in [2.24, 2.45) is 0 Å². The first-order valence-corrected chi connectivity index (χ1v) is 7.57. The van der Waals surface area contributed by atoms with Gasteiger partial charge in [-0.15, -0.1) is 10.2 Å². The summed E-state index contributed by atoms with van der Waals surface area (Å²) in [5, 5.41) is 14.7. The molecule has 0 aliphatic rings. The average molecular weight is 341 g/mol. The SMILES string of the molecule is COc1ccc(-c2nnn(CC(=O)NCc3ccc(F)cc3)n2)cc1. The van der Waals surface area contributed by atoms with Crippen LogP contribution < -0.4 is 10.1 Å². The van der Waals surface area contributed by atoms with Gasteiger partial charge in [0.15, 0.2) is 0 Å². The molecule has 0 aliphatic heterocycles. The molecule has 7 nitrogen and oxygen atoms in total. The van der Waals surface area contributed by atoms with E-state index in [-0.39, 0.29) is 18.3 Å². The summed E-state index contributed by atoms with van der Waals surface area (Å²) in [4.78, 5) is 13.2. The van der Waals surface area contributed by atoms with Crippen molar-refractivity contribution in [3.8, 4) is 17.1 Å². The molecule has 3 rings (SSSR count). The molecule has 0 saturated carbocycles. The van der Waals surface area contributed by atoms with E-state index in [1.54, 1.807) is 31.4 Å². The van der Waals surface area contributed by atoms with Crippen LogP contribution >= 0.6 is 0 Å². The summed E-state index contributed by atoms with van der Waals surface area (Å²) in [5.41, 5.74) is 1.58. The summed E-state index contributed by atoms with van der Waals surface area (Å²) in [6.45, 7) is 0.253. The van der Waals surface area contributed by atoms with Gasteiger partial charge in [-0.25, -0.2) is 4.39 Å². The summed E-state index contributed by atoms with van der Waals surface area (Å²) in [6.07, 6.45) is 0. The summed E-state index contributed by atoms with van der Waals surface area (Å²) in [6, 6.07) is 13.2. The minimum atomic E-state index is -0.312. The monoisotopic (exact) mass is 341 g/mol. The van der Waals surface area contributed by atoms with Crippen molar-refractivity contribution in [3.63, 3.8) is 0 Å². The largest absolute Gasteiger partial charge is 0.497 e. The maximum Gasteiger partial charge on any atom is 0.243 e. The Morgan fingerprint density at radius 1 is 1.16 bits per heavy atom. The van der Waals surface area contributed by atoms with E-state index in [1.807, 2.05) is 12.1 Å². The third kappa shape index (κ3) is 4.37. The van der Waals surface area contributed by atoms with Crippen molar-refractivity contribution in [2.45, 2.75) is 13.1 Å². The van der Waals surface area contributed by atoms with E-state index in [2.05, 4.69) is 20.7 Å². The van der Waals surface area contributed by atoms with Gasteiger partial charge in [0.05, 0.1) is 7.11 Å². The number of tetrazole rings is 1. The Labute approximate surface area is 143 Å². The second-order valence-electron chi connectivity index (χ2n) is 5.28. The summed E-state index contributed by atoms with van der Waals surface area (Å²) < 4.78 is 17.9. The second kappa shape index (κ2) is 7.52. The number of nitrogens with one attached hydrogen (secondary N) is 1. The number of methoxy groups -OCH3 is 1. The fourth-order valence-corrected chi connectivity index (χ4v) is 2.15. The first-order chi connectivity index (χ1) is 12.1. The molecule has 1 aromatic heterocycles. The fraction of sp³-hybridized carbons (Fsp3) is 0.176. The maximum atomic E-state index is 12.8. The highest BCUT2D eigenvalue weighted by Gasteiger charge is 2.09. The molecule has 0 aliphatic carbocycles. The Morgan fingerprint density at radius 3 is 2.56 bits per heavy atom. The zero-order chi connectivity index (χ0) is 17.6. The standard InChI is InChI=1S/C17H16FN5O2/c1-25-15-8-4-13(5-9-15)17-20-22-23(21-17)11-16(24)19-10-12-2-6-14(18)7-3-12/h2-9H,10-11H2,1H3,(H,19,24). The normalized spacial score (nSPS) is 10.5. The van der Waals surface area contributed by atoms with Crippen LogP contribution in [0.1, 0.15) is 5.56 Å². The van der Waals surface area contributed by atoms with Crippen molar-refractivity contribution < 1.29 is 13.9 Å². The number of carbonyl (C=O) groups is 1. The van der Waals surface area contributed by atoms with Crippen molar-refractivity contribution in [2.75, 3.05) is 7.11 Å². The Morgan fingerprint density at radius 2 is 1.88 bits per heavy atom. The van der Waals surface area contributed by atoms with Crippen LogP contribution in [0.15, 0.2) is 48.5 Å². The molecule has 0 fully saturated rings. The number of amides is 1. The lowest BCUT2D eigenvalue weighted by molar-refractivity contribution is -0.122. The minimum Gasteiger partial charge on any atom is -0.497 e. The van der Waals surface area contributed by atoms with Gasteiger partial charge in [-0.05, 0) is 47.2 Å². The smallest absolute Gasteiger partial charge is 0.243 e. The third-order valence-electron chi connectivity index (χ3n) is 3.49. The lowest BCUT2D eigenvalue weighted by Crippen LogP contribution is -2.28. The first kappa shape index (κ1) is 16.6. The molecule has 25 heavy (non-hydrogen) atoms. The number of halogens is 1. The quantitative estimate of drug-likeness (QED) is 0.739. The minimum absolute atomic E-state index is 0.0512. The van der Waals surface area contributed by atoms with Gasteiger partial charge in [-0.3, -0.25) is 4.79 Å². The fourth-order valence-electron chi connectivity index (χ4n) is 2.15. The zero-order valence-electron chi connectivity index (χ0n) is 13.5. The summed E-state index contributed by atoms with van der Waals surface area (Å²) in [5.74, 6) is 0.584. The predicted octanol–water partition coefficient (Wildman–Crippen LogP) is 1.80. The van der Waals surface area contributed by atoms with E-state index in [0.717, 1.165) is 16.9 Å². The molecule has 0 radical (unpaired) electrons. The Hall–Kier alpha value is -3.29. The Bertz CT molecular complexity index is 846. The van der Waals surface area contributed by atoms with E-state index >= 15 is 0 Å². The van der Waals surface area contributed by atoms with Gasteiger partial charge in [-0.1, -0.05) is 12.1 Å². The molecule has 0 unspecified atom stereocenters. The molecule has 128 valence electrons. The van der Waals surface area contributed by atoms with Crippen molar-refractivity contribution in [3.05, 3.63) is 59.9 Å². The molecule has 1 amide bonds. The van der Waals surface area contributed by atoms with Gasteiger partial charge in [0.2, 0.25) is 11.7 Å². The van der Waals surface area contributed by atoms with Crippen LogP contribution in [0.25, 0.3) is 11.4 Å². The van der Waals surface area contributed by atoms with Crippen LogP contribution in [0, 0.1) is 5.82 Å². The van der Waals surface area contributed by atoms with E-state index in [0.29, 0.717) is 12.4 Å². The Kier molecular flexibility index (Phi) is 4.98. The van der Waals surface area contributed by atoms with Gasteiger partial charge in [0.25, 0.3) is 0 Å². The number of hydrogen-bond acceptors (Lipinski definition) is 5. The van der Waals surface area contributed by atoms with Gasteiger partial charge < -0.3 is 10.1 Å². The molecule has 0 spiro atoms. The maximum absolute atomic E-state index is 12.8. The average Bonchev–Trinajstić information content (AvgIpc) is 3.10. The van der Waals surface area contributed by atoms with E-state index in [4.69, 9.17) is 4.74 Å². The molecule has 1 N–H and O–H groups in total. The lowest BCUT2D eigenvalue weighted by Gasteiger charge is -2.04. The highest BCUT2D eigenvalue weighted by Crippen LogP contribution is 2.18. The number of benzene rings is 2. The highest BCUT2D eigenvalue weighted by molar-refractivity contribution is 5.75. The number of ether oxygens (including phenoxy) is 1. The van der Waals surface area contributed by atoms with Gasteiger partial charge in [-0.2, -0.15) is 4.80 Å². The van der Waals surface area contributed by atoms with Crippen LogP contribution in [0.4, 0.5) is 4.39 Å². The zero-order valence-corrected chi connectivity index (χ0v) is 13.5. The van der Waals surface area contributed by atoms with Crippen LogP contribution in [0.5, 0.6) is 5.75 Å². The van der Waals surface area contributed by atoms with Gasteiger partial charge >= 0.3 is 0 Å². The topological polar surface area (TPSA) is 81.9 Å². The van der Waals surface area contributed by atoms with E-state index < -0.39 is 0 Å². The molecule has 0 atom stereocenters. The van der Waals surface area contributed by atoms with Gasteiger partial charge in [0, 0.05) is 12.1 Å². The third-order valence-corrected chi connectivity index (χ3v) is 3.49. The molecule has 3 aromatic rings. The highest BCUT2D eigenvalue weighted by atomic mass is 19.1. The van der Waals surface area contributed by atoms with Crippen molar-refractivity contribution in [1.82, 2.24) is 25.5 Å². The number of carbonyl (C=O) groups excluding carboxylic acids is 1. The Balaban J connectivity index is 1.56. The number of nitrogens with zero attached hydrogens (tertiary/aromatic N) is 4. The lowest BCUT2D eigenvalue weighted by atomic mass is 10.2. The number of rotatable bonds is 6. The molecular weight excluding hydrogens is 325 g/mol. The molecule has 0 saturated heterocycles. The van der Waals surface area contributed by atoms with Crippen molar-refractivity contribution >= 4 is 5.91 Å². The van der Waals surface area contributed by atoms with Crippen LogP contribution in [0.3, 0.4) is 0 Å². The van der Waals surface area contributed by atoms with Crippen molar-refractivity contribution in [1.29, 1.82) is 0 Å². The van der Waals surface area contributed by atoms with Crippen LogP contribution in [-0.2, 0) is 17.9 Å². The van der Waals surface area contributed by atoms with E-state index in [1.165, 1.54) is 16.9 Å². The second-order valence-corrected chi connectivity index (χ2v) is 5.28. The van der Waals surface area contributed by atoms with Crippen LogP contribution in [-0.4, -0.2) is 33.2 Å². The molecule has 2 aromatic carbocycles. The number of hydrogen-bond donors (Lipinski definition) is 1.